The van der Waals surface area contributed by atoms with Crippen LogP contribution in [0.2, 0.25) is 0 Å². The molecule has 0 amide bonds. The number of carbonyl (C=O) groups excluding carboxylic acids is 2. The fraction of sp³-hybridized carbons (Fsp3) is 0.500. The lowest BCUT2D eigenvalue weighted by atomic mass is 10.1. The maximum atomic E-state index is 11.7. The molecule has 0 aliphatic heterocycles. The summed E-state index contributed by atoms with van der Waals surface area (Å²) in [5.41, 5.74) is 0.186. The average molecular weight is 342 g/mol. The average Bonchev–Trinajstić information content (AvgIpc) is 2.61. The number of benzene rings is 1. The highest BCUT2D eigenvalue weighted by Gasteiger charge is 2.14. The van der Waals surface area contributed by atoms with E-state index in [9.17, 15) is 9.59 Å². The molecule has 0 unspecified atom stereocenters. The summed E-state index contributed by atoms with van der Waals surface area (Å²) in [5, 5.41) is 8.69. The van der Waals surface area contributed by atoms with E-state index in [1.54, 1.807) is 0 Å². The van der Waals surface area contributed by atoms with Gasteiger partial charge in [-0.05, 0) is 41.1 Å². The monoisotopic (exact) mass is 342 g/mol. The van der Waals surface area contributed by atoms with Crippen molar-refractivity contribution in [1.82, 2.24) is 0 Å². The van der Waals surface area contributed by atoms with E-state index in [2.05, 4.69) is 29.6 Å². The van der Waals surface area contributed by atoms with E-state index in [0.717, 1.165) is 25.7 Å². The quantitative estimate of drug-likeness (QED) is 0.325. The van der Waals surface area contributed by atoms with Gasteiger partial charge in [-0.1, -0.05) is 32.8 Å². The summed E-state index contributed by atoms with van der Waals surface area (Å²) in [6.07, 6.45) is 3.40. The van der Waals surface area contributed by atoms with E-state index in [1.165, 1.54) is 24.3 Å². The highest BCUT2D eigenvalue weighted by atomic mass is 17.5. The van der Waals surface area contributed by atoms with E-state index in [0.29, 0.717) is 13.2 Å². The second kappa shape index (κ2) is 12.4. The third-order valence-electron chi connectivity index (χ3n) is 2.81. The topological polar surface area (TPSA) is 89.5 Å². The highest BCUT2D eigenvalue weighted by Crippen LogP contribution is 2.09. The summed E-state index contributed by atoms with van der Waals surface area (Å²) in [5.74, 6) is -1.61. The zero-order chi connectivity index (χ0) is 17.6. The maximum Gasteiger partial charge on any atom is 0.376 e. The lowest BCUT2D eigenvalue weighted by Gasteiger charge is -2.05. The predicted octanol–water partition coefficient (Wildman–Crippen LogP) is 3.33. The van der Waals surface area contributed by atoms with E-state index < -0.39 is 11.9 Å². The number of hydrogen-bond acceptors (Lipinski definition) is 8. The zero-order valence-electron chi connectivity index (χ0n) is 13.8. The van der Waals surface area contributed by atoms with Gasteiger partial charge < -0.3 is 0 Å². The first kappa shape index (κ1) is 20.0. The van der Waals surface area contributed by atoms with Crippen LogP contribution in [0.1, 0.15) is 60.2 Å². The van der Waals surface area contributed by atoms with Crippen molar-refractivity contribution in [3.05, 3.63) is 35.4 Å². The fourth-order valence-corrected chi connectivity index (χ4v) is 1.45. The van der Waals surface area contributed by atoms with Gasteiger partial charge in [-0.15, -0.1) is 0 Å². The van der Waals surface area contributed by atoms with Crippen molar-refractivity contribution in [2.75, 3.05) is 13.2 Å². The smallest absolute Gasteiger partial charge is 0.263 e. The van der Waals surface area contributed by atoms with Crippen LogP contribution in [0.25, 0.3) is 0 Å². The van der Waals surface area contributed by atoms with E-state index in [4.69, 9.17) is 0 Å². The fourth-order valence-electron chi connectivity index (χ4n) is 1.45. The summed E-state index contributed by atoms with van der Waals surface area (Å²) < 4.78 is 0. The molecule has 0 radical (unpaired) electrons. The van der Waals surface area contributed by atoms with Crippen LogP contribution in [0.5, 0.6) is 0 Å². The van der Waals surface area contributed by atoms with Gasteiger partial charge in [0.15, 0.2) is 0 Å². The van der Waals surface area contributed by atoms with Crippen LogP contribution in [0, 0.1) is 0 Å². The van der Waals surface area contributed by atoms with Gasteiger partial charge >= 0.3 is 11.9 Å². The van der Waals surface area contributed by atoms with E-state index in [-0.39, 0.29) is 11.1 Å². The summed E-state index contributed by atoms with van der Waals surface area (Å²) >= 11 is 0. The van der Waals surface area contributed by atoms with Crippen molar-refractivity contribution in [3.63, 3.8) is 0 Å². The first-order valence-corrected chi connectivity index (χ1v) is 7.80. The Kier molecular flexibility index (Phi) is 10.4. The molecule has 1 rings (SSSR count). The molecule has 0 atom stereocenters. The molecule has 0 fully saturated rings. The molecular weight excluding hydrogens is 320 g/mol. The minimum atomic E-state index is -0.804. The van der Waals surface area contributed by atoms with Gasteiger partial charge in [0.1, 0.15) is 0 Å². The van der Waals surface area contributed by atoms with Crippen molar-refractivity contribution in [2.24, 2.45) is 0 Å². The second-order valence-electron chi connectivity index (χ2n) is 4.81. The normalized spacial score (nSPS) is 10.4. The van der Waals surface area contributed by atoms with Crippen molar-refractivity contribution >= 4 is 11.9 Å². The lowest BCUT2D eigenvalue weighted by molar-refractivity contribution is -0.481. The lowest BCUT2D eigenvalue weighted by Crippen LogP contribution is -2.11. The molecule has 0 heterocycles. The van der Waals surface area contributed by atoms with Crippen LogP contribution in [0.3, 0.4) is 0 Å². The predicted molar refractivity (Wildman–Crippen MR) is 81.2 cm³/mol. The molecule has 0 aromatic heterocycles. The summed E-state index contributed by atoms with van der Waals surface area (Å²) in [7, 11) is 0. The molecule has 8 heteroatoms. The first-order valence-electron chi connectivity index (χ1n) is 7.80. The Labute approximate surface area is 140 Å². The van der Waals surface area contributed by atoms with Gasteiger partial charge in [0, 0.05) is 0 Å². The molecule has 0 bridgehead atoms. The summed E-state index contributed by atoms with van der Waals surface area (Å²) in [6.45, 7) is 4.59. The maximum absolute atomic E-state index is 11.7. The molecule has 0 aliphatic rings. The molecule has 0 aliphatic carbocycles. The SMILES string of the molecule is CCCCOOOC(=O)c1cccc(C(=O)OOOCCCC)c1. The number of hydrogen-bond donors (Lipinski definition) is 0. The van der Waals surface area contributed by atoms with Gasteiger partial charge in [0.2, 0.25) is 0 Å². The highest BCUT2D eigenvalue weighted by molar-refractivity contribution is 5.94. The molecule has 134 valence electrons. The Morgan fingerprint density at radius 3 is 1.71 bits per heavy atom. The van der Waals surface area contributed by atoms with Crippen LogP contribution in [-0.2, 0) is 29.6 Å². The summed E-state index contributed by atoms with van der Waals surface area (Å²) in [4.78, 5) is 41.7. The third kappa shape index (κ3) is 8.02. The van der Waals surface area contributed by atoms with Crippen molar-refractivity contribution < 1.29 is 39.2 Å². The Morgan fingerprint density at radius 2 is 1.29 bits per heavy atom. The molecule has 8 nitrogen and oxygen atoms in total. The minimum absolute atomic E-state index is 0.0930. The second-order valence-corrected chi connectivity index (χ2v) is 4.81. The zero-order valence-corrected chi connectivity index (χ0v) is 13.8. The molecule has 0 N–H and O–H groups in total. The molecule has 0 saturated carbocycles. The molecule has 24 heavy (non-hydrogen) atoms. The summed E-state index contributed by atoms with van der Waals surface area (Å²) in [6, 6.07) is 5.67. The van der Waals surface area contributed by atoms with Crippen LogP contribution in [0.15, 0.2) is 24.3 Å². The van der Waals surface area contributed by atoms with Crippen molar-refractivity contribution in [2.45, 2.75) is 39.5 Å². The van der Waals surface area contributed by atoms with Crippen molar-refractivity contribution in [3.8, 4) is 0 Å². The van der Waals surface area contributed by atoms with Crippen LogP contribution < -0.4 is 0 Å². The Morgan fingerprint density at radius 1 is 0.833 bits per heavy atom. The van der Waals surface area contributed by atoms with Gasteiger partial charge in [-0.25, -0.2) is 9.59 Å². The van der Waals surface area contributed by atoms with Gasteiger partial charge in [0.05, 0.1) is 24.3 Å². The number of rotatable bonds is 12. The van der Waals surface area contributed by atoms with Gasteiger partial charge in [-0.2, -0.15) is 9.78 Å². The molecule has 0 saturated heterocycles. The third-order valence-corrected chi connectivity index (χ3v) is 2.81. The van der Waals surface area contributed by atoms with Crippen LogP contribution in [0.4, 0.5) is 0 Å². The minimum Gasteiger partial charge on any atom is -0.263 e. The molecule has 1 aromatic carbocycles. The number of carbonyl (C=O) groups is 2. The largest absolute Gasteiger partial charge is 0.376 e. The molecule has 0 spiro atoms. The Hall–Kier alpha value is -2.00. The standard InChI is InChI=1S/C16H22O8/c1-3-5-10-19-23-21-15(17)13-8-7-9-14(12-13)16(18)22-24-20-11-6-4-2/h7-9,12H,3-6,10-11H2,1-2H3. The van der Waals surface area contributed by atoms with Crippen LogP contribution >= 0.6 is 0 Å². The number of unbranched alkanes of at least 4 members (excludes halogenated alkanes) is 2. The van der Waals surface area contributed by atoms with Crippen molar-refractivity contribution in [1.29, 1.82) is 0 Å². The van der Waals surface area contributed by atoms with Gasteiger partial charge in [0.25, 0.3) is 0 Å². The van der Waals surface area contributed by atoms with E-state index >= 15 is 0 Å². The van der Waals surface area contributed by atoms with E-state index in [1.807, 2.05) is 13.8 Å². The molecular formula is C16H22O8. The first-order chi connectivity index (χ1) is 11.7. The Balaban J connectivity index is 2.41. The Bertz CT molecular complexity index is 461. The van der Waals surface area contributed by atoms with Gasteiger partial charge in [-0.3, -0.25) is 9.78 Å². The molecule has 1 aromatic rings. The van der Waals surface area contributed by atoms with Crippen LogP contribution in [-0.4, -0.2) is 25.2 Å².